The second kappa shape index (κ2) is 21.2. The highest BCUT2D eigenvalue weighted by molar-refractivity contribution is 5.69. The molecule has 0 fully saturated rings. The van der Waals surface area contributed by atoms with Crippen LogP contribution in [0.4, 0.5) is 0 Å². The maximum absolute atomic E-state index is 10.9. The van der Waals surface area contributed by atoms with Gasteiger partial charge in [-0.05, 0) is 12.3 Å². The molecule has 0 bridgehead atoms. The van der Waals surface area contributed by atoms with Gasteiger partial charge in [0.2, 0.25) is 0 Å². The van der Waals surface area contributed by atoms with Crippen molar-refractivity contribution in [2.75, 3.05) is 0 Å². The molecule has 28 heavy (non-hydrogen) atoms. The summed E-state index contributed by atoms with van der Waals surface area (Å²) in [5, 5.41) is 8.96. The smallest absolute Gasteiger partial charge is 0.306 e. The van der Waals surface area contributed by atoms with Gasteiger partial charge in [-0.3, -0.25) is 4.79 Å². The van der Waals surface area contributed by atoms with Crippen molar-refractivity contribution in [3.05, 3.63) is 0 Å². The normalized spacial score (nSPS) is 13.5. The van der Waals surface area contributed by atoms with Crippen LogP contribution in [0.15, 0.2) is 0 Å². The van der Waals surface area contributed by atoms with Crippen LogP contribution in [-0.2, 0) is 4.79 Å². The molecule has 0 aromatic heterocycles. The quantitative estimate of drug-likeness (QED) is 0.185. The summed E-state index contributed by atoms with van der Waals surface area (Å²) in [6.45, 7) is 6.32. The summed E-state index contributed by atoms with van der Waals surface area (Å²) in [6.07, 6.45) is 27.5. The van der Waals surface area contributed by atoms with Crippen LogP contribution >= 0.6 is 0 Å². The van der Waals surface area contributed by atoms with E-state index in [-0.39, 0.29) is 5.92 Å². The maximum atomic E-state index is 10.9. The van der Waals surface area contributed by atoms with Crippen LogP contribution < -0.4 is 0 Å². The molecule has 0 radical (unpaired) electrons. The van der Waals surface area contributed by atoms with Crippen LogP contribution in [0.5, 0.6) is 0 Å². The lowest BCUT2D eigenvalue weighted by molar-refractivity contribution is -0.141. The molecule has 1 N–H and O–H groups in total. The number of rotatable bonds is 22. The Balaban J connectivity index is 3.15. The summed E-state index contributed by atoms with van der Waals surface area (Å²) in [5.41, 5.74) is 0. The molecule has 0 spiro atoms. The van der Waals surface area contributed by atoms with Crippen LogP contribution in [0.1, 0.15) is 149 Å². The first-order valence-electron chi connectivity index (χ1n) is 12.8. The average molecular weight is 397 g/mol. The van der Waals surface area contributed by atoms with Gasteiger partial charge in [-0.1, -0.05) is 143 Å². The molecular formula is C26H52O2. The van der Waals surface area contributed by atoms with Crippen molar-refractivity contribution in [1.29, 1.82) is 0 Å². The Morgan fingerprint density at radius 2 is 0.929 bits per heavy atom. The molecule has 0 aliphatic carbocycles. The molecule has 0 amide bonds. The van der Waals surface area contributed by atoms with Crippen LogP contribution in [0, 0.1) is 11.8 Å². The zero-order chi connectivity index (χ0) is 20.9. The second-order valence-electron chi connectivity index (χ2n) is 9.38. The van der Waals surface area contributed by atoms with E-state index in [2.05, 4.69) is 13.8 Å². The number of carboxylic acid groups (broad SMARTS) is 1. The van der Waals surface area contributed by atoms with Crippen LogP contribution in [0.25, 0.3) is 0 Å². The molecule has 0 aromatic rings. The molecule has 0 rings (SSSR count). The van der Waals surface area contributed by atoms with Gasteiger partial charge < -0.3 is 5.11 Å². The van der Waals surface area contributed by atoms with E-state index < -0.39 is 5.97 Å². The Morgan fingerprint density at radius 1 is 0.607 bits per heavy atom. The SMILES string of the molecule is CCCCCCCCCCCCCCCCCCCC[C@@H](C)C[C@@H](C)C(=O)O. The van der Waals surface area contributed by atoms with Gasteiger partial charge in [0.25, 0.3) is 0 Å². The first-order valence-corrected chi connectivity index (χ1v) is 12.8. The van der Waals surface area contributed by atoms with Crippen LogP contribution in [0.2, 0.25) is 0 Å². The predicted molar refractivity (Wildman–Crippen MR) is 124 cm³/mol. The Labute approximate surface area is 177 Å². The molecule has 2 heteroatoms. The minimum Gasteiger partial charge on any atom is -0.481 e. The molecule has 168 valence electrons. The van der Waals surface area contributed by atoms with Gasteiger partial charge in [0, 0.05) is 0 Å². The Morgan fingerprint density at radius 3 is 1.25 bits per heavy atom. The summed E-state index contributed by atoms with van der Waals surface area (Å²) in [6, 6.07) is 0. The van der Waals surface area contributed by atoms with Gasteiger partial charge in [0.1, 0.15) is 0 Å². The zero-order valence-corrected chi connectivity index (χ0v) is 19.7. The summed E-state index contributed by atoms with van der Waals surface area (Å²) in [4.78, 5) is 10.9. The van der Waals surface area contributed by atoms with Gasteiger partial charge in [0.15, 0.2) is 0 Å². The molecule has 0 saturated heterocycles. The van der Waals surface area contributed by atoms with E-state index in [4.69, 9.17) is 5.11 Å². The fraction of sp³-hybridized carbons (Fsp3) is 0.962. The summed E-state index contributed by atoms with van der Waals surface area (Å²) >= 11 is 0. The van der Waals surface area contributed by atoms with Gasteiger partial charge in [0.05, 0.1) is 5.92 Å². The van der Waals surface area contributed by atoms with Crippen molar-refractivity contribution in [1.82, 2.24) is 0 Å². The average Bonchev–Trinajstić information content (AvgIpc) is 2.66. The Hall–Kier alpha value is -0.530. The molecule has 0 aliphatic heterocycles. The van der Waals surface area contributed by atoms with E-state index in [9.17, 15) is 4.79 Å². The monoisotopic (exact) mass is 396 g/mol. The first kappa shape index (κ1) is 27.5. The standard InChI is InChI=1S/C26H52O2/c1-4-5-6-7-8-9-10-11-12-13-14-15-16-17-18-19-20-21-22-24(2)23-25(3)26(27)28/h24-25H,4-23H2,1-3H3,(H,27,28)/t24-,25-/m1/s1. The van der Waals surface area contributed by atoms with Gasteiger partial charge in [-0.25, -0.2) is 0 Å². The van der Waals surface area contributed by atoms with E-state index in [1.54, 1.807) is 0 Å². The minimum atomic E-state index is -0.648. The third-order valence-corrected chi connectivity index (χ3v) is 6.23. The van der Waals surface area contributed by atoms with Crippen LogP contribution in [0.3, 0.4) is 0 Å². The summed E-state index contributed by atoms with van der Waals surface area (Å²) in [5.74, 6) is -0.289. The maximum Gasteiger partial charge on any atom is 0.306 e. The van der Waals surface area contributed by atoms with Gasteiger partial charge in [-0.2, -0.15) is 0 Å². The summed E-state index contributed by atoms with van der Waals surface area (Å²) in [7, 11) is 0. The lowest BCUT2D eigenvalue weighted by atomic mass is 9.92. The highest BCUT2D eigenvalue weighted by atomic mass is 16.4. The van der Waals surface area contributed by atoms with Crippen molar-refractivity contribution in [3.8, 4) is 0 Å². The van der Waals surface area contributed by atoms with Crippen LogP contribution in [-0.4, -0.2) is 11.1 Å². The highest BCUT2D eigenvalue weighted by Gasteiger charge is 2.14. The van der Waals surface area contributed by atoms with Gasteiger partial charge >= 0.3 is 5.97 Å². The van der Waals surface area contributed by atoms with E-state index in [0.29, 0.717) is 5.92 Å². The number of unbranched alkanes of at least 4 members (excludes halogenated alkanes) is 17. The number of aliphatic carboxylic acids is 1. The van der Waals surface area contributed by atoms with E-state index in [1.165, 1.54) is 122 Å². The molecule has 2 atom stereocenters. The number of hydrogen-bond acceptors (Lipinski definition) is 1. The molecular weight excluding hydrogens is 344 g/mol. The van der Waals surface area contributed by atoms with E-state index >= 15 is 0 Å². The fourth-order valence-electron chi connectivity index (χ4n) is 4.22. The van der Waals surface area contributed by atoms with Crippen molar-refractivity contribution in [3.63, 3.8) is 0 Å². The lowest BCUT2D eigenvalue weighted by Crippen LogP contribution is -2.13. The van der Waals surface area contributed by atoms with Crippen molar-refractivity contribution < 1.29 is 9.90 Å². The lowest BCUT2D eigenvalue weighted by Gasteiger charge is -2.13. The van der Waals surface area contributed by atoms with E-state index in [1.807, 2.05) is 6.92 Å². The Kier molecular flexibility index (Phi) is 20.8. The zero-order valence-electron chi connectivity index (χ0n) is 19.7. The Bertz CT molecular complexity index is 326. The third-order valence-electron chi connectivity index (χ3n) is 6.23. The largest absolute Gasteiger partial charge is 0.481 e. The topological polar surface area (TPSA) is 37.3 Å². The fourth-order valence-corrected chi connectivity index (χ4v) is 4.22. The van der Waals surface area contributed by atoms with Crippen molar-refractivity contribution in [2.24, 2.45) is 11.8 Å². The minimum absolute atomic E-state index is 0.189. The number of hydrogen-bond donors (Lipinski definition) is 1. The highest BCUT2D eigenvalue weighted by Crippen LogP contribution is 2.19. The molecule has 0 aromatic carbocycles. The molecule has 2 nitrogen and oxygen atoms in total. The molecule has 0 saturated carbocycles. The summed E-state index contributed by atoms with van der Waals surface area (Å²) < 4.78 is 0. The number of carboxylic acids is 1. The van der Waals surface area contributed by atoms with Crippen molar-refractivity contribution in [2.45, 2.75) is 149 Å². The molecule has 0 aliphatic rings. The van der Waals surface area contributed by atoms with Gasteiger partial charge in [-0.15, -0.1) is 0 Å². The predicted octanol–water partition coefficient (Wildman–Crippen LogP) is 9.17. The number of carbonyl (C=O) groups is 1. The van der Waals surface area contributed by atoms with E-state index in [0.717, 1.165) is 6.42 Å². The molecule has 0 unspecified atom stereocenters. The van der Waals surface area contributed by atoms with Crippen molar-refractivity contribution >= 4 is 5.97 Å². The second-order valence-corrected chi connectivity index (χ2v) is 9.38. The first-order chi connectivity index (χ1) is 13.6. The third kappa shape index (κ3) is 20.2. The molecule has 0 heterocycles.